The highest BCUT2D eigenvalue weighted by atomic mass is 32.2. The molecule has 1 saturated heterocycles. The molecule has 1 aliphatic rings. The van der Waals surface area contributed by atoms with Crippen molar-refractivity contribution < 1.29 is 19.1 Å². The molecule has 7 heteroatoms. The van der Waals surface area contributed by atoms with Crippen molar-refractivity contribution in [3.8, 4) is 0 Å². The average Bonchev–Trinajstić information content (AvgIpc) is 3.05. The van der Waals surface area contributed by atoms with Crippen LogP contribution in [-0.4, -0.2) is 34.0 Å². The first-order valence-corrected chi connectivity index (χ1v) is 8.73. The molecular weight excluding hydrogens is 325 g/mol. The van der Waals surface area contributed by atoms with E-state index >= 15 is 0 Å². The number of carbonyl (C=O) groups is 2. The van der Waals surface area contributed by atoms with Gasteiger partial charge in [-0.05, 0) is 36.8 Å². The van der Waals surface area contributed by atoms with Gasteiger partial charge >= 0.3 is 5.97 Å². The number of rotatable bonds is 3. The first kappa shape index (κ1) is 15.3. The van der Waals surface area contributed by atoms with Gasteiger partial charge in [-0.15, -0.1) is 11.3 Å². The minimum Gasteiger partial charge on any atom is -0.479 e. The highest BCUT2D eigenvalue weighted by molar-refractivity contribution is 7.99. The SMILES string of the molecule is Cc1c(C(=O)N[C@]2(C(=O)O)CCSC2)sc2cccc(F)c12. The molecule has 1 aliphatic heterocycles. The van der Waals surface area contributed by atoms with E-state index in [1.54, 1.807) is 19.1 Å². The van der Waals surface area contributed by atoms with Crippen LogP contribution in [0.4, 0.5) is 4.39 Å². The zero-order valence-corrected chi connectivity index (χ0v) is 13.4. The normalized spacial score (nSPS) is 21.2. The van der Waals surface area contributed by atoms with Gasteiger partial charge in [0.2, 0.25) is 0 Å². The Hall–Kier alpha value is -1.60. The standard InChI is InChI=1S/C15H14FNO3S2/c1-8-11-9(16)3-2-4-10(11)22-12(8)13(18)17-15(14(19)20)5-6-21-7-15/h2-4H,5-7H2,1H3,(H,17,18)(H,19,20)/t15-/m1/s1. The van der Waals surface area contributed by atoms with Gasteiger partial charge in [0.15, 0.2) is 0 Å². The van der Waals surface area contributed by atoms with Crippen LogP contribution in [0.5, 0.6) is 0 Å². The Morgan fingerprint density at radius 2 is 2.18 bits per heavy atom. The molecule has 2 heterocycles. The number of halogens is 1. The van der Waals surface area contributed by atoms with Crippen molar-refractivity contribution in [3.63, 3.8) is 0 Å². The highest BCUT2D eigenvalue weighted by Crippen LogP contribution is 2.34. The second kappa shape index (κ2) is 5.55. The van der Waals surface area contributed by atoms with E-state index < -0.39 is 17.4 Å². The molecule has 0 unspecified atom stereocenters. The lowest BCUT2D eigenvalue weighted by molar-refractivity contribution is -0.143. The molecule has 0 radical (unpaired) electrons. The van der Waals surface area contributed by atoms with Gasteiger partial charge in [-0.1, -0.05) is 6.07 Å². The second-order valence-corrected chi connectivity index (χ2v) is 7.47. The molecule has 3 rings (SSSR count). The van der Waals surface area contributed by atoms with E-state index in [4.69, 9.17) is 0 Å². The number of carboxylic acids is 1. The molecule has 1 fully saturated rings. The quantitative estimate of drug-likeness (QED) is 0.902. The molecule has 116 valence electrons. The van der Waals surface area contributed by atoms with E-state index in [9.17, 15) is 19.1 Å². The number of fused-ring (bicyclic) bond motifs is 1. The summed E-state index contributed by atoms with van der Waals surface area (Å²) in [4.78, 5) is 24.4. The first-order chi connectivity index (χ1) is 10.4. The fourth-order valence-electron chi connectivity index (χ4n) is 2.63. The molecular formula is C15H14FNO3S2. The van der Waals surface area contributed by atoms with Crippen LogP contribution >= 0.6 is 23.1 Å². The van der Waals surface area contributed by atoms with Crippen molar-refractivity contribution in [1.29, 1.82) is 0 Å². The van der Waals surface area contributed by atoms with Gasteiger partial charge in [0.05, 0.1) is 4.88 Å². The highest BCUT2D eigenvalue weighted by Gasteiger charge is 2.43. The third kappa shape index (κ3) is 2.38. The van der Waals surface area contributed by atoms with Crippen LogP contribution in [0.3, 0.4) is 0 Å². The smallest absolute Gasteiger partial charge is 0.330 e. The molecule has 0 aliphatic carbocycles. The monoisotopic (exact) mass is 339 g/mol. The van der Waals surface area contributed by atoms with Gasteiger partial charge < -0.3 is 10.4 Å². The van der Waals surface area contributed by atoms with Crippen LogP contribution in [0.1, 0.15) is 21.7 Å². The number of aryl methyl sites for hydroxylation is 1. The summed E-state index contributed by atoms with van der Waals surface area (Å²) in [5.41, 5.74) is -0.662. The van der Waals surface area contributed by atoms with E-state index in [1.807, 2.05) is 0 Å². The summed E-state index contributed by atoms with van der Waals surface area (Å²) in [7, 11) is 0. The molecule has 2 N–H and O–H groups in total. The van der Waals surface area contributed by atoms with E-state index in [0.29, 0.717) is 38.5 Å². The van der Waals surface area contributed by atoms with Crippen LogP contribution in [0.15, 0.2) is 18.2 Å². The number of aliphatic carboxylic acids is 1. The van der Waals surface area contributed by atoms with Crippen LogP contribution in [-0.2, 0) is 4.79 Å². The number of carbonyl (C=O) groups excluding carboxylic acids is 1. The van der Waals surface area contributed by atoms with Gasteiger partial charge in [-0.2, -0.15) is 11.8 Å². The van der Waals surface area contributed by atoms with E-state index in [-0.39, 0.29) is 5.82 Å². The first-order valence-electron chi connectivity index (χ1n) is 6.76. The lowest BCUT2D eigenvalue weighted by Crippen LogP contribution is -2.54. The molecule has 4 nitrogen and oxygen atoms in total. The fourth-order valence-corrected chi connectivity index (χ4v) is 5.07. The average molecular weight is 339 g/mol. The Balaban J connectivity index is 1.97. The number of hydrogen-bond donors (Lipinski definition) is 2. The third-order valence-corrected chi connectivity index (χ3v) is 6.34. The predicted octanol–water partition coefficient (Wildman–Crippen LogP) is 3.04. The fraction of sp³-hybridized carbons (Fsp3) is 0.333. The van der Waals surface area contributed by atoms with E-state index in [1.165, 1.54) is 29.2 Å². The Morgan fingerprint density at radius 3 is 2.77 bits per heavy atom. The summed E-state index contributed by atoms with van der Waals surface area (Å²) in [5, 5.41) is 12.5. The summed E-state index contributed by atoms with van der Waals surface area (Å²) in [5.74, 6) is -0.771. The van der Waals surface area contributed by atoms with Crippen molar-refractivity contribution in [2.24, 2.45) is 0 Å². The molecule has 0 bridgehead atoms. The summed E-state index contributed by atoms with van der Waals surface area (Å²) in [6, 6.07) is 4.71. The molecule has 2 aromatic rings. The van der Waals surface area contributed by atoms with Gasteiger partial charge in [0, 0.05) is 15.8 Å². The third-order valence-electron chi connectivity index (χ3n) is 3.89. The number of amides is 1. The van der Waals surface area contributed by atoms with E-state index in [2.05, 4.69) is 5.32 Å². The number of hydrogen-bond acceptors (Lipinski definition) is 4. The molecule has 1 aromatic heterocycles. The largest absolute Gasteiger partial charge is 0.479 e. The minimum absolute atomic E-state index is 0.354. The summed E-state index contributed by atoms with van der Waals surface area (Å²) < 4.78 is 14.6. The topological polar surface area (TPSA) is 66.4 Å². The Labute approximate surface area is 134 Å². The van der Waals surface area contributed by atoms with Gasteiger partial charge in [-0.3, -0.25) is 4.79 Å². The summed E-state index contributed by atoms with van der Waals surface area (Å²) in [6.45, 7) is 1.69. The van der Waals surface area contributed by atoms with Crippen molar-refractivity contribution in [1.82, 2.24) is 5.32 Å². The Morgan fingerprint density at radius 1 is 1.41 bits per heavy atom. The molecule has 1 amide bonds. The van der Waals surface area contributed by atoms with Crippen molar-refractivity contribution >= 4 is 45.1 Å². The number of benzene rings is 1. The van der Waals surface area contributed by atoms with Crippen molar-refractivity contribution in [3.05, 3.63) is 34.5 Å². The molecule has 0 spiro atoms. The van der Waals surface area contributed by atoms with Gasteiger partial charge in [0.25, 0.3) is 5.91 Å². The zero-order valence-electron chi connectivity index (χ0n) is 11.8. The van der Waals surface area contributed by atoms with Crippen LogP contribution in [0.25, 0.3) is 10.1 Å². The van der Waals surface area contributed by atoms with Crippen LogP contribution in [0.2, 0.25) is 0 Å². The summed E-state index contributed by atoms with van der Waals surface area (Å²) >= 11 is 2.69. The lowest BCUT2D eigenvalue weighted by atomic mass is 9.99. The van der Waals surface area contributed by atoms with Crippen LogP contribution in [0, 0.1) is 12.7 Å². The van der Waals surface area contributed by atoms with Crippen molar-refractivity contribution in [2.75, 3.05) is 11.5 Å². The van der Waals surface area contributed by atoms with E-state index in [0.717, 1.165) is 0 Å². The second-order valence-electron chi connectivity index (χ2n) is 5.31. The van der Waals surface area contributed by atoms with Gasteiger partial charge in [-0.25, -0.2) is 9.18 Å². The molecule has 22 heavy (non-hydrogen) atoms. The van der Waals surface area contributed by atoms with Gasteiger partial charge in [0.1, 0.15) is 11.4 Å². The molecule has 1 atom stereocenters. The lowest BCUT2D eigenvalue weighted by Gasteiger charge is -2.24. The Kier molecular flexibility index (Phi) is 3.86. The number of nitrogens with one attached hydrogen (secondary N) is 1. The molecule has 0 saturated carbocycles. The minimum atomic E-state index is -1.22. The number of thioether (sulfide) groups is 1. The maximum absolute atomic E-state index is 13.9. The Bertz CT molecular complexity index is 765. The number of carboxylic acid groups (broad SMARTS) is 1. The van der Waals surface area contributed by atoms with Crippen LogP contribution < -0.4 is 5.32 Å². The maximum atomic E-state index is 13.9. The molecule has 1 aromatic carbocycles. The maximum Gasteiger partial charge on any atom is 0.330 e. The number of thiophene rings is 1. The van der Waals surface area contributed by atoms with Crippen molar-refractivity contribution in [2.45, 2.75) is 18.9 Å². The zero-order chi connectivity index (χ0) is 15.9. The summed E-state index contributed by atoms with van der Waals surface area (Å²) in [6.07, 6.45) is 0.400. The predicted molar refractivity (Wildman–Crippen MR) is 86.3 cm³/mol.